The minimum atomic E-state index is -0.324. The number of methoxy groups -OCH3 is 1. The van der Waals surface area contributed by atoms with Crippen LogP contribution in [0.1, 0.15) is 25.8 Å². The Bertz CT molecular complexity index is 879. The molecule has 3 rings (SSSR count). The standard InChI is InChI=1S/C21H21NO4S/c1-4-14(2)26-17-11-10-15(12-18(17)25-3)13-19-20(23)22(21(24)27-19)16-8-6-5-7-9-16/h5-14H,4H2,1-3H3/b19-13+/t14-/m1/s1. The molecule has 1 heterocycles. The Morgan fingerprint density at radius 1 is 1.11 bits per heavy atom. The number of hydrogen-bond donors (Lipinski definition) is 0. The fourth-order valence-corrected chi connectivity index (χ4v) is 3.43. The second-order valence-electron chi connectivity index (χ2n) is 6.10. The molecule has 1 fully saturated rings. The van der Waals surface area contributed by atoms with Gasteiger partial charge in [-0.25, -0.2) is 4.90 Å². The molecule has 140 valence electrons. The average Bonchev–Trinajstić information content (AvgIpc) is 2.96. The zero-order valence-electron chi connectivity index (χ0n) is 15.5. The lowest BCUT2D eigenvalue weighted by Gasteiger charge is -2.15. The molecular formula is C21H21NO4S. The van der Waals surface area contributed by atoms with E-state index in [2.05, 4.69) is 0 Å². The molecule has 0 radical (unpaired) electrons. The molecule has 2 aromatic rings. The number of ether oxygens (including phenoxy) is 2. The maximum atomic E-state index is 12.7. The van der Waals surface area contributed by atoms with E-state index >= 15 is 0 Å². The Hall–Kier alpha value is -2.73. The van der Waals surface area contributed by atoms with Gasteiger partial charge in [-0.1, -0.05) is 31.2 Å². The van der Waals surface area contributed by atoms with E-state index in [9.17, 15) is 9.59 Å². The Balaban J connectivity index is 1.86. The first-order chi connectivity index (χ1) is 13.0. The number of benzene rings is 2. The Kier molecular flexibility index (Phi) is 5.86. The molecule has 1 atom stereocenters. The van der Waals surface area contributed by atoms with Crippen LogP contribution in [0.2, 0.25) is 0 Å². The topological polar surface area (TPSA) is 55.8 Å². The maximum Gasteiger partial charge on any atom is 0.298 e. The summed E-state index contributed by atoms with van der Waals surface area (Å²) in [4.78, 5) is 26.6. The van der Waals surface area contributed by atoms with E-state index in [-0.39, 0.29) is 17.3 Å². The SMILES string of the molecule is CC[C@@H](C)Oc1ccc(/C=C2/SC(=O)N(c3ccccc3)C2=O)cc1OC. The van der Waals surface area contributed by atoms with Crippen LogP contribution in [0.5, 0.6) is 11.5 Å². The van der Waals surface area contributed by atoms with Gasteiger partial charge >= 0.3 is 0 Å². The molecular weight excluding hydrogens is 362 g/mol. The van der Waals surface area contributed by atoms with Crippen LogP contribution in [0.3, 0.4) is 0 Å². The van der Waals surface area contributed by atoms with Gasteiger partial charge in [0.1, 0.15) is 0 Å². The van der Waals surface area contributed by atoms with Crippen LogP contribution in [0, 0.1) is 0 Å². The van der Waals surface area contributed by atoms with Gasteiger partial charge < -0.3 is 9.47 Å². The molecule has 6 heteroatoms. The first-order valence-corrected chi connectivity index (χ1v) is 9.52. The van der Waals surface area contributed by atoms with Crippen molar-refractivity contribution in [3.05, 3.63) is 59.0 Å². The fourth-order valence-electron chi connectivity index (χ4n) is 2.59. The van der Waals surface area contributed by atoms with Gasteiger partial charge in [0.05, 0.1) is 23.8 Å². The van der Waals surface area contributed by atoms with E-state index in [1.807, 2.05) is 32.0 Å². The number of anilines is 1. The van der Waals surface area contributed by atoms with Crippen LogP contribution < -0.4 is 14.4 Å². The van der Waals surface area contributed by atoms with Crippen molar-refractivity contribution < 1.29 is 19.1 Å². The van der Waals surface area contributed by atoms with Crippen molar-refractivity contribution in [2.24, 2.45) is 0 Å². The summed E-state index contributed by atoms with van der Waals surface area (Å²) in [6.45, 7) is 4.04. The zero-order valence-corrected chi connectivity index (χ0v) is 16.3. The van der Waals surface area contributed by atoms with Gasteiger partial charge in [-0.2, -0.15) is 0 Å². The second-order valence-corrected chi connectivity index (χ2v) is 7.09. The molecule has 0 aromatic heterocycles. The number of para-hydroxylation sites is 1. The number of thioether (sulfide) groups is 1. The van der Waals surface area contributed by atoms with Crippen LogP contribution in [0.4, 0.5) is 10.5 Å². The zero-order chi connectivity index (χ0) is 19.4. The van der Waals surface area contributed by atoms with Gasteiger partial charge in [0.2, 0.25) is 0 Å². The van der Waals surface area contributed by atoms with Crippen LogP contribution in [0.25, 0.3) is 6.08 Å². The summed E-state index contributed by atoms with van der Waals surface area (Å²) < 4.78 is 11.3. The van der Waals surface area contributed by atoms with E-state index < -0.39 is 0 Å². The van der Waals surface area contributed by atoms with E-state index in [0.717, 1.165) is 23.7 Å². The molecule has 1 saturated heterocycles. The summed E-state index contributed by atoms with van der Waals surface area (Å²) in [5.74, 6) is 0.919. The molecule has 27 heavy (non-hydrogen) atoms. The third kappa shape index (κ3) is 4.17. The highest BCUT2D eigenvalue weighted by Crippen LogP contribution is 2.37. The first kappa shape index (κ1) is 19.0. The van der Waals surface area contributed by atoms with Crippen molar-refractivity contribution in [2.45, 2.75) is 26.4 Å². The lowest BCUT2D eigenvalue weighted by molar-refractivity contribution is -0.113. The number of carbonyl (C=O) groups excluding carboxylic acids is 2. The normalized spacial score (nSPS) is 16.7. The number of amides is 2. The number of hydrogen-bond acceptors (Lipinski definition) is 5. The molecule has 0 unspecified atom stereocenters. The molecule has 1 aliphatic rings. The average molecular weight is 383 g/mol. The third-order valence-corrected chi connectivity index (χ3v) is 5.07. The second kappa shape index (κ2) is 8.31. The van der Waals surface area contributed by atoms with Crippen LogP contribution in [-0.2, 0) is 4.79 Å². The summed E-state index contributed by atoms with van der Waals surface area (Å²) in [5.41, 5.74) is 1.33. The highest BCUT2D eigenvalue weighted by molar-refractivity contribution is 8.19. The summed E-state index contributed by atoms with van der Waals surface area (Å²) in [5, 5.41) is -0.305. The van der Waals surface area contributed by atoms with Crippen molar-refractivity contribution in [1.29, 1.82) is 0 Å². The summed E-state index contributed by atoms with van der Waals surface area (Å²) in [6.07, 6.45) is 2.66. The number of carbonyl (C=O) groups is 2. The lowest BCUT2D eigenvalue weighted by Crippen LogP contribution is -2.27. The van der Waals surface area contributed by atoms with Crippen molar-refractivity contribution >= 4 is 34.7 Å². The van der Waals surface area contributed by atoms with Gasteiger partial charge in [0.25, 0.3) is 11.1 Å². The molecule has 0 bridgehead atoms. The van der Waals surface area contributed by atoms with Gasteiger partial charge in [-0.15, -0.1) is 0 Å². The van der Waals surface area contributed by atoms with Crippen molar-refractivity contribution in [3.8, 4) is 11.5 Å². The molecule has 2 aromatic carbocycles. The predicted octanol–water partition coefficient (Wildman–Crippen LogP) is 5.11. The maximum absolute atomic E-state index is 12.7. The monoisotopic (exact) mass is 383 g/mol. The first-order valence-electron chi connectivity index (χ1n) is 8.71. The van der Waals surface area contributed by atoms with Crippen molar-refractivity contribution in [2.75, 3.05) is 12.0 Å². The summed E-state index contributed by atoms with van der Waals surface area (Å²) >= 11 is 0.930. The van der Waals surface area contributed by atoms with E-state index in [1.165, 1.54) is 4.90 Å². The molecule has 0 saturated carbocycles. The smallest absolute Gasteiger partial charge is 0.298 e. The minimum Gasteiger partial charge on any atom is -0.493 e. The summed E-state index contributed by atoms with van der Waals surface area (Å²) in [7, 11) is 1.58. The Morgan fingerprint density at radius 3 is 2.52 bits per heavy atom. The Morgan fingerprint density at radius 2 is 1.85 bits per heavy atom. The van der Waals surface area contributed by atoms with E-state index in [4.69, 9.17) is 9.47 Å². The van der Waals surface area contributed by atoms with E-state index in [0.29, 0.717) is 22.1 Å². The van der Waals surface area contributed by atoms with Crippen LogP contribution >= 0.6 is 11.8 Å². The van der Waals surface area contributed by atoms with Crippen LogP contribution in [0.15, 0.2) is 53.4 Å². The number of nitrogens with zero attached hydrogens (tertiary/aromatic N) is 1. The highest BCUT2D eigenvalue weighted by Gasteiger charge is 2.36. The number of imide groups is 1. The molecule has 0 N–H and O–H groups in total. The van der Waals surface area contributed by atoms with E-state index in [1.54, 1.807) is 43.5 Å². The van der Waals surface area contributed by atoms with Crippen molar-refractivity contribution in [3.63, 3.8) is 0 Å². The largest absolute Gasteiger partial charge is 0.493 e. The predicted molar refractivity (Wildman–Crippen MR) is 108 cm³/mol. The van der Waals surface area contributed by atoms with Gasteiger partial charge in [-0.3, -0.25) is 9.59 Å². The number of rotatable bonds is 6. The minimum absolute atomic E-state index is 0.0760. The van der Waals surface area contributed by atoms with Crippen molar-refractivity contribution in [1.82, 2.24) is 0 Å². The molecule has 2 amide bonds. The molecule has 1 aliphatic heterocycles. The Labute approximate surface area is 163 Å². The van der Waals surface area contributed by atoms with Gasteiger partial charge in [0.15, 0.2) is 11.5 Å². The third-order valence-electron chi connectivity index (χ3n) is 4.20. The highest BCUT2D eigenvalue weighted by atomic mass is 32.2. The fraction of sp³-hybridized carbons (Fsp3) is 0.238. The summed E-state index contributed by atoms with van der Waals surface area (Å²) in [6, 6.07) is 14.4. The lowest BCUT2D eigenvalue weighted by atomic mass is 10.1. The van der Waals surface area contributed by atoms with Gasteiger partial charge in [-0.05, 0) is 61.0 Å². The molecule has 5 nitrogen and oxygen atoms in total. The molecule has 0 aliphatic carbocycles. The van der Waals surface area contributed by atoms with Crippen LogP contribution in [-0.4, -0.2) is 24.4 Å². The quantitative estimate of drug-likeness (QED) is 0.649. The molecule has 0 spiro atoms. The van der Waals surface area contributed by atoms with Gasteiger partial charge in [0, 0.05) is 0 Å².